The lowest BCUT2D eigenvalue weighted by Crippen LogP contribution is -2.10. The summed E-state index contributed by atoms with van der Waals surface area (Å²) >= 11 is 0. The molecule has 0 aliphatic carbocycles. The summed E-state index contributed by atoms with van der Waals surface area (Å²) in [4.78, 5) is 2.41. The van der Waals surface area contributed by atoms with E-state index in [0.29, 0.717) is 0 Å². The van der Waals surface area contributed by atoms with E-state index in [-0.39, 0.29) is 0 Å². The van der Waals surface area contributed by atoms with E-state index in [1.165, 1.54) is 81.9 Å². The molecule has 0 saturated carbocycles. The number of benzene rings is 12. The predicted molar refractivity (Wildman–Crippen MR) is 290 cm³/mol. The minimum atomic E-state index is 1.07. The van der Waals surface area contributed by atoms with Gasteiger partial charge in [0.1, 0.15) is 0 Å². The summed E-state index contributed by atoms with van der Waals surface area (Å²) in [7, 11) is 0. The molecule has 0 aliphatic rings. The first-order chi connectivity index (χ1) is 33.7. The molecule has 0 saturated heterocycles. The number of anilines is 3. The van der Waals surface area contributed by atoms with Gasteiger partial charge in [0.05, 0.1) is 16.7 Å². The van der Waals surface area contributed by atoms with E-state index in [9.17, 15) is 0 Å². The quantitative estimate of drug-likeness (QED) is 0.138. The van der Waals surface area contributed by atoms with Crippen molar-refractivity contribution >= 4 is 71.2 Å². The first kappa shape index (κ1) is 39.4. The molecule has 13 aromatic rings. The lowest BCUT2D eigenvalue weighted by Gasteiger charge is -2.28. The first-order valence-corrected chi connectivity index (χ1v) is 23.4. The van der Waals surface area contributed by atoms with Crippen LogP contribution in [0, 0.1) is 0 Å². The number of para-hydroxylation sites is 3. The average Bonchev–Trinajstić information content (AvgIpc) is 3.75. The van der Waals surface area contributed by atoms with Gasteiger partial charge in [0.15, 0.2) is 0 Å². The van der Waals surface area contributed by atoms with E-state index in [1.807, 2.05) is 0 Å². The molecule has 0 amide bonds. The Morgan fingerprint density at radius 3 is 1.44 bits per heavy atom. The van der Waals surface area contributed by atoms with Gasteiger partial charge < -0.3 is 9.47 Å². The maximum absolute atomic E-state index is 2.45. The summed E-state index contributed by atoms with van der Waals surface area (Å²) in [6, 6.07) is 97.7. The summed E-state index contributed by atoms with van der Waals surface area (Å²) in [5.41, 5.74) is 16.2. The zero-order chi connectivity index (χ0) is 45.0. The SMILES string of the molecule is c1ccc(-c2ccc(N(c3ccc(-c4ccc5ccccc5c4)cc3)c3ccc(-c4ccccc4-n4c5ccccc5c5ccccc54)c(-c4cc5ccccc5c5ccccc45)c3)cc2)cc1. The third-order valence-electron chi connectivity index (χ3n) is 13.8. The Balaban J connectivity index is 1.05. The molecule has 2 nitrogen and oxygen atoms in total. The van der Waals surface area contributed by atoms with Crippen LogP contribution in [0.25, 0.3) is 104 Å². The molecule has 0 atom stereocenters. The van der Waals surface area contributed by atoms with Gasteiger partial charge in [0.2, 0.25) is 0 Å². The third-order valence-corrected chi connectivity index (χ3v) is 13.8. The van der Waals surface area contributed by atoms with Gasteiger partial charge in [-0.05, 0) is 138 Å². The van der Waals surface area contributed by atoms with Crippen LogP contribution in [0.4, 0.5) is 17.1 Å². The molecule has 0 unspecified atom stereocenters. The molecule has 0 aliphatic heterocycles. The lowest BCUT2D eigenvalue weighted by molar-refractivity contribution is 1.18. The van der Waals surface area contributed by atoms with Crippen LogP contribution in [0.5, 0.6) is 0 Å². The molecular formula is C66H44N2. The minimum absolute atomic E-state index is 1.07. The second-order valence-electron chi connectivity index (χ2n) is 17.7. The van der Waals surface area contributed by atoms with Gasteiger partial charge in [0, 0.05) is 33.4 Å². The Hall–Kier alpha value is -8.98. The minimum Gasteiger partial charge on any atom is -0.310 e. The molecule has 0 fully saturated rings. The van der Waals surface area contributed by atoms with Crippen molar-refractivity contribution in [2.75, 3.05) is 4.90 Å². The summed E-state index contributed by atoms with van der Waals surface area (Å²) in [6.45, 7) is 0. The summed E-state index contributed by atoms with van der Waals surface area (Å²) in [5, 5.41) is 9.90. The fourth-order valence-corrected chi connectivity index (χ4v) is 10.5. The van der Waals surface area contributed by atoms with Gasteiger partial charge in [-0.25, -0.2) is 0 Å². The second-order valence-corrected chi connectivity index (χ2v) is 17.7. The van der Waals surface area contributed by atoms with Gasteiger partial charge >= 0.3 is 0 Å². The van der Waals surface area contributed by atoms with Gasteiger partial charge in [-0.15, -0.1) is 0 Å². The molecule has 0 bridgehead atoms. The van der Waals surface area contributed by atoms with Crippen LogP contribution in [0.1, 0.15) is 0 Å². The van der Waals surface area contributed by atoms with E-state index in [0.717, 1.165) is 39.4 Å². The fourth-order valence-electron chi connectivity index (χ4n) is 10.5. The summed E-state index contributed by atoms with van der Waals surface area (Å²) in [6.07, 6.45) is 0. The Morgan fingerprint density at radius 1 is 0.235 bits per heavy atom. The van der Waals surface area contributed by atoms with E-state index >= 15 is 0 Å². The molecule has 1 heterocycles. The van der Waals surface area contributed by atoms with Crippen molar-refractivity contribution in [3.63, 3.8) is 0 Å². The molecule has 2 heteroatoms. The maximum atomic E-state index is 2.45. The standard InChI is InChI=1S/C66H44N2/c1-2-16-45(17-3-1)47-32-36-52(37-33-47)67(53-38-34-48(35-39-53)50-31-30-46-18-4-5-19-49(46)42-50)54-40-41-58(63(44-54)62-43-51-20-6-7-21-55(51)56-22-8-9-23-57(56)62)59-24-10-13-27-64(59)68-65-28-14-11-25-60(65)61-26-12-15-29-66(61)68/h1-44H. The number of aromatic nitrogens is 1. The zero-order valence-corrected chi connectivity index (χ0v) is 37.3. The van der Waals surface area contributed by atoms with Gasteiger partial charge in [-0.2, -0.15) is 0 Å². The highest BCUT2D eigenvalue weighted by Gasteiger charge is 2.22. The van der Waals surface area contributed by atoms with Crippen LogP contribution in [0.2, 0.25) is 0 Å². The van der Waals surface area contributed by atoms with E-state index in [2.05, 4.69) is 276 Å². The maximum Gasteiger partial charge on any atom is 0.0541 e. The highest BCUT2D eigenvalue weighted by atomic mass is 15.1. The number of hydrogen-bond donors (Lipinski definition) is 0. The molecule has 0 radical (unpaired) electrons. The molecule has 68 heavy (non-hydrogen) atoms. The van der Waals surface area contributed by atoms with E-state index < -0.39 is 0 Å². The normalized spacial score (nSPS) is 11.5. The average molecular weight is 865 g/mol. The molecule has 0 N–H and O–H groups in total. The monoisotopic (exact) mass is 864 g/mol. The lowest BCUT2D eigenvalue weighted by atomic mass is 9.88. The summed E-state index contributed by atoms with van der Waals surface area (Å²) < 4.78 is 2.45. The van der Waals surface area contributed by atoms with Crippen LogP contribution in [0.3, 0.4) is 0 Å². The van der Waals surface area contributed by atoms with Crippen LogP contribution in [-0.2, 0) is 0 Å². The molecule has 318 valence electrons. The number of nitrogens with zero attached hydrogens (tertiary/aromatic N) is 2. The highest BCUT2D eigenvalue weighted by molar-refractivity contribution is 6.16. The Bertz CT molecular complexity index is 3960. The number of hydrogen-bond acceptors (Lipinski definition) is 1. The number of rotatable bonds is 8. The van der Waals surface area contributed by atoms with Crippen LogP contribution < -0.4 is 4.90 Å². The van der Waals surface area contributed by atoms with E-state index in [4.69, 9.17) is 0 Å². The van der Waals surface area contributed by atoms with Crippen molar-refractivity contribution in [2.24, 2.45) is 0 Å². The fraction of sp³-hybridized carbons (Fsp3) is 0. The van der Waals surface area contributed by atoms with Crippen molar-refractivity contribution in [2.45, 2.75) is 0 Å². The Morgan fingerprint density at radius 2 is 0.735 bits per heavy atom. The Kier molecular flexibility index (Phi) is 9.54. The largest absolute Gasteiger partial charge is 0.310 e. The predicted octanol–water partition coefficient (Wildman–Crippen LogP) is 18.4. The van der Waals surface area contributed by atoms with Crippen LogP contribution >= 0.6 is 0 Å². The first-order valence-electron chi connectivity index (χ1n) is 23.4. The van der Waals surface area contributed by atoms with Crippen LogP contribution in [-0.4, -0.2) is 4.57 Å². The highest BCUT2D eigenvalue weighted by Crippen LogP contribution is 2.46. The second kappa shape index (κ2) is 16.5. The van der Waals surface area contributed by atoms with Gasteiger partial charge in [-0.3, -0.25) is 0 Å². The molecule has 0 spiro atoms. The van der Waals surface area contributed by atoms with Gasteiger partial charge in [-0.1, -0.05) is 200 Å². The molecule has 13 rings (SSSR count). The van der Waals surface area contributed by atoms with Crippen molar-refractivity contribution in [3.8, 4) is 50.2 Å². The van der Waals surface area contributed by atoms with Crippen molar-refractivity contribution in [3.05, 3.63) is 267 Å². The van der Waals surface area contributed by atoms with Crippen molar-refractivity contribution in [1.29, 1.82) is 0 Å². The molecular weight excluding hydrogens is 821 g/mol. The zero-order valence-electron chi connectivity index (χ0n) is 37.3. The molecule has 12 aromatic carbocycles. The smallest absolute Gasteiger partial charge is 0.0541 e. The van der Waals surface area contributed by atoms with Crippen molar-refractivity contribution in [1.82, 2.24) is 4.57 Å². The molecule has 1 aromatic heterocycles. The van der Waals surface area contributed by atoms with E-state index in [1.54, 1.807) is 0 Å². The third kappa shape index (κ3) is 6.73. The number of fused-ring (bicyclic) bond motifs is 7. The van der Waals surface area contributed by atoms with Gasteiger partial charge in [0.25, 0.3) is 0 Å². The topological polar surface area (TPSA) is 8.17 Å². The van der Waals surface area contributed by atoms with Crippen LogP contribution in [0.15, 0.2) is 267 Å². The summed E-state index contributed by atoms with van der Waals surface area (Å²) in [5.74, 6) is 0. The Labute approximate surface area is 395 Å². The van der Waals surface area contributed by atoms with Crippen molar-refractivity contribution < 1.29 is 0 Å².